The molecule has 0 fully saturated rings. The lowest BCUT2D eigenvalue weighted by molar-refractivity contribution is -0.142. The Morgan fingerprint density at radius 2 is 1.12 bits per heavy atom. The number of amides is 5. The van der Waals surface area contributed by atoms with Crippen LogP contribution in [0.1, 0.15) is 40.7 Å². The number of aromatic nitrogens is 1. The Balaban J connectivity index is 1.21. The molecular formula is C54H54N6O8. The third-order valence-electron chi connectivity index (χ3n) is 11.7. The SMILES string of the molecule is O=C1COc2ccc(cc2)CC(C(=O)NC(CCc2ccccc2)C(=O)O)NC(=O)C(CCc2ccccc2)NC(=O)C(Cc2ccc(-c3ccccc3)cc2)NC(=O)C(Cc2ccncc2)N1. The van der Waals surface area contributed by atoms with Gasteiger partial charge < -0.3 is 36.4 Å². The zero-order valence-electron chi connectivity index (χ0n) is 37.4. The molecule has 14 nitrogen and oxygen atoms in total. The van der Waals surface area contributed by atoms with Gasteiger partial charge >= 0.3 is 5.97 Å². The van der Waals surface area contributed by atoms with Crippen LogP contribution >= 0.6 is 0 Å². The molecule has 5 atom stereocenters. The van der Waals surface area contributed by atoms with Crippen LogP contribution in [0.4, 0.5) is 0 Å². The maximum absolute atomic E-state index is 14.7. The van der Waals surface area contributed by atoms with Crippen molar-refractivity contribution in [2.75, 3.05) is 6.61 Å². The van der Waals surface area contributed by atoms with E-state index < -0.39 is 72.3 Å². The van der Waals surface area contributed by atoms with Crippen LogP contribution < -0.4 is 31.3 Å². The van der Waals surface area contributed by atoms with E-state index in [1.54, 1.807) is 48.8 Å². The summed E-state index contributed by atoms with van der Waals surface area (Å²) < 4.78 is 5.81. The summed E-state index contributed by atoms with van der Waals surface area (Å²) in [6.45, 7) is -0.444. The van der Waals surface area contributed by atoms with Gasteiger partial charge in [0.05, 0.1) is 0 Å². The summed E-state index contributed by atoms with van der Waals surface area (Å²) >= 11 is 0. The van der Waals surface area contributed by atoms with E-state index in [-0.39, 0.29) is 32.1 Å². The summed E-state index contributed by atoms with van der Waals surface area (Å²) in [5.41, 5.74) is 5.73. The molecule has 5 amide bonds. The van der Waals surface area contributed by atoms with E-state index in [1.165, 1.54) is 0 Å². The van der Waals surface area contributed by atoms with Crippen molar-refractivity contribution in [3.05, 3.63) is 192 Å². The largest absolute Gasteiger partial charge is 0.484 e. The quantitative estimate of drug-likeness (QED) is 0.0818. The smallest absolute Gasteiger partial charge is 0.326 e. The van der Waals surface area contributed by atoms with E-state index in [9.17, 15) is 33.9 Å². The van der Waals surface area contributed by atoms with Gasteiger partial charge in [-0.2, -0.15) is 0 Å². The van der Waals surface area contributed by atoms with Gasteiger partial charge in [0.1, 0.15) is 36.0 Å². The fourth-order valence-electron chi connectivity index (χ4n) is 7.95. The minimum Gasteiger partial charge on any atom is -0.484 e. The molecule has 14 heteroatoms. The first kappa shape index (κ1) is 47.8. The van der Waals surface area contributed by atoms with Gasteiger partial charge in [-0.05, 0) is 88.9 Å². The molecule has 3 heterocycles. The van der Waals surface area contributed by atoms with E-state index in [0.29, 0.717) is 35.3 Å². The number of carboxylic acid groups (broad SMARTS) is 1. The van der Waals surface area contributed by atoms with E-state index in [0.717, 1.165) is 22.3 Å². The maximum atomic E-state index is 14.7. The molecule has 6 aromatic rings. The van der Waals surface area contributed by atoms with Crippen LogP contribution in [-0.2, 0) is 60.9 Å². The number of benzene rings is 5. The molecule has 2 aliphatic heterocycles. The molecule has 2 aliphatic rings. The third kappa shape index (κ3) is 14.2. The second-order valence-electron chi connectivity index (χ2n) is 16.7. The van der Waals surface area contributed by atoms with Gasteiger partial charge in [0.2, 0.25) is 23.6 Å². The Hall–Kier alpha value is -8.13. The van der Waals surface area contributed by atoms with E-state index in [4.69, 9.17) is 4.74 Å². The number of pyridine rings is 1. The van der Waals surface area contributed by atoms with Crippen molar-refractivity contribution in [1.82, 2.24) is 31.6 Å². The fourth-order valence-corrected chi connectivity index (χ4v) is 7.95. The number of aliphatic carboxylic acids is 1. The molecule has 2 bridgehead atoms. The molecule has 1 aromatic heterocycles. The Kier molecular flexibility index (Phi) is 16.8. The molecule has 6 N–H and O–H groups in total. The molecule has 0 radical (unpaired) electrons. The molecular weight excluding hydrogens is 861 g/mol. The van der Waals surface area contributed by atoms with Gasteiger partial charge in [-0.25, -0.2) is 4.79 Å². The average Bonchev–Trinajstić information content (AvgIpc) is 3.36. The van der Waals surface area contributed by atoms with Crippen molar-refractivity contribution in [1.29, 1.82) is 0 Å². The zero-order chi connectivity index (χ0) is 47.7. The number of ether oxygens (including phenoxy) is 1. The molecule has 0 aliphatic carbocycles. The van der Waals surface area contributed by atoms with Crippen LogP contribution in [0.15, 0.2) is 164 Å². The number of rotatable bonds is 14. The van der Waals surface area contributed by atoms with Crippen molar-refractivity contribution in [2.45, 2.75) is 75.2 Å². The van der Waals surface area contributed by atoms with Crippen molar-refractivity contribution >= 4 is 35.5 Å². The number of nitrogens with zero attached hydrogens (tertiary/aromatic N) is 1. The normalized spacial score (nSPS) is 18.5. The summed E-state index contributed by atoms with van der Waals surface area (Å²) in [5, 5.41) is 24.2. The number of carboxylic acids is 1. The first-order chi connectivity index (χ1) is 33.1. The van der Waals surface area contributed by atoms with Crippen molar-refractivity contribution in [2.24, 2.45) is 0 Å². The molecule has 348 valence electrons. The van der Waals surface area contributed by atoms with Crippen LogP contribution in [-0.4, -0.2) is 82.4 Å². The Morgan fingerprint density at radius 3 is 1.74 bits per heavy atom. The summed E-state index contributed by atoms with van der Waals surface area (Å²) in [7, 11) is 0. The highest BCUT2D eigenvalue weighted by Gasteiger charge is 2.33. The highest BCUT2D eigenvalue weighted by Crippen LogP contribution is 2.21. The van der Waals surface area contributed by atoms with Crippen molar-refractivity contribution in [3.8, 4) is 16.9 Å². The first-order valence-electron chi connectivity index (χ1n) is 22.6. The van der Waals surface area contributed by atoms with Crippen LogP contribution in [0.25, 0.3) is 11.1 Å². The standard InChI is InChI=1S/C54H54N6O8/c61-49-35-68-43-24-18-39(19-25-43)33-48(53(65)58-45(54(66)67)27-21-37-12-6-2-7-13-37)59-50(62)44(26-20-36-10-4-1-5-11-36)57-52(64)47(60-51(63)46(56-49)34-40-28-30-55-31-29-40)32-38-16-22-42(23-17-38)41-14-8-3-9-15-41/h1-19,22-25,28-31,44-48H,20-21,26-27,32-35H2,(H,56,61)(H,57,64)(H,58,65)(H,59,62)(H,60,63)(H,66,67). The molecule has 8 rings (SSSR count). The molecule has 0 spiro atoms. The number of aryl methyl sites for hydroxylation is 2. The minimum atomic E-state index is -1.29. The molecule has 5 unspecified atom stereocenters. The number of carbonyl (C=O) groups is 6. The summed E-state index contributed by atoms with van der Waals surface area (Å²) in [5.74, 6) is -4.27. The van der Waals surface area contributed by atoms with Gasteiger partial charge in [-0.15, -0.1) is 0 Å². The summed E-state index contributed by atoms with van der Waals surface area (Å²) in [6, 6.07) is 39.8. The first-order valence-corrected chi connectivity index (χ1v) is 22.6. The number of nitrogens with one attached hydrogen (secondary N) is 5. The van der Waals surface area contributed by atoms with Gasteiger partial charge in [0.15, 0.2) is 6.61 Å². The van der Waals surface area contributed by atoms with Crippen LogP contribution in [0.5, 0.6) is 5.75 Å². The number of fused-ring (bicyclic) bond motifs is 16. The van der Waals surface area contributed by atoms with Crippen molar-refractivity contribution in [3.63, 3.8) is 0 Å². The predicted molar refractivity (Wildman–Crippen MR) is 256 cm³/mol. The lowest BCUT2D eigenvalue weighted by Crippen LogP contribution is -2.59. The maximum Gasteiger partial charge on any atom is 0.326 e. The lowest BCUT2D eigenvalue weighted by Gasteiger charge is -2.27. The monoisotopic (exact) mass is 914 g/mol. The van der Waals surface area contributed by atoms with Crippen molar-refractivity contribution < 1.29 is 38.6 Å². The van der Waals surface area contributed by atoms with E-state index in [2.05, 4.69) is 31.6 Å². The van der Waals surface area contributed by atoms with Gasteiger partial charge in [-0.1, -0.05) is 127 Å². The second-order valence-corrected chi connectivity index (χ2v) is 16.7. The second kappa shape index (κ2) is 23.9. The molecule has 0 saturated carbocycles. The Labute approximate surface area is 394 Å². The van der Waals surface area contributed by atoms with Gasteiger partial charge in [-0.3, -0.25) is 29.0 Å². The van der Waals surface area contributed by atoms with Crippen LogP contribution in [0, 0.1) is 0 Å². The van der Waals surface area contributed by atoms with E-state index >= 15 is 0 Å². The van der Waals surface area contributed by atoms with E-state index in [1.807, 2.05) is 115 Å². The minimum absolute atomic E-state index is 0.0112. The summed E-state index contributed by atoms with van der Waals surface area (Å²) in [4.78, 5) is 88.0. The highest BCUT2D eigenvalue weighted by molar-refractivity contribution is 5.96. The van der Waals surface area contributed by atoms with Crippen LogP contribution in [0.3, 0.4) is 0 Å². The Bertz CT molecular complexity index is 2620. The molecule has 0 saturated heterocycles. The lowest BCUT2D eigenvalue weighted by atomic mass is 9.98. The highest BCUT2D eigenvalue weighted by atomic mass is 16.5. The topological polar surface area (TPSA) is 205 Å². The zero-order valence-corrected chi connectivity index (χ0v) is 37.4. The molecule has 5 aromatic carbocycles. The predicted octanol–water partition coefficient (Wildman–Crippen LogP) is 4.94. The summed E-state index contributed by atoms with van der Waals surface area (Å²) in [6.07, 6.45) is 4.09. The van der Waals surface area contributed by atoms with Crippen LogP contribution in [0.2, 0.25) is 0 Å². The number of carbonyl (C=O) groups excluding carboxylic acids is 5. The van der Waals surface area contributed by atoms with Gasteiger partial charge in [0, 0.05) is 31.7 Å². The fraction of sp³-hybridized carbons (Fsp3) is 0.241. The number of hydrogen-bond acceptors (Lipinski definition) is 8. The Morgan fingerprint density at radius 1 is 0.588 bits per heavy atom. The molecule has 68 heavy (non-hydrogen) atoms. The average molecular weight is 915 g/mol. The van der Waals surface area contributed by atoms with Gasteiger partial charge in [0.25, 0.3) is 5.91 Å². The third-order valence-corrected chi connectivity index (χ3v) is 11.7. The number of hydrogen-bond donors (Lipinski definition) is 6.